The lowest BCUT2D eigenvalue weighted by Gasteiger charge is -2.32. The van der Waals surface area contributed by atoms with Crippen LogP contribution in [0.3, 0.4) is 0 Å². The van der Waals surface area contributed by atoms with E-state index in [0.29, 0.717) is 17.1 Å². The van der Waals surface area contributed by atoms with Crippen molar-refractivity contribution in [3.8, 4) is 0 Å². The molecule has 196 valence electrons. The van der Waals surface area contributed by atoms with E-state index in [2.05, 4.69) is 5.32 Å². The van der Waals surface area contributed by atoms with Crippen LogP contribution in [-0.4, -0.2) is 44.3 Å². The molecule has 0 saturated heterocycles. The van der Waals surface area contributed by atoms with Crippen molar-refractivity contribution in [3.05, 3.63) is 94.8 Å². The third-order valence-corrected chi connectivity index (χ3v) is 7.98. The fourth-order valence-electron chi connectivity index (χ4n) is 3.69. The van der Waals surface area contributed by atoms with E-state index in [-0.39, 0.29) is 17.1 Å². The van der Waals surface area contributed by atoms with Gasteiger partial charge >= 0.3 is 0 Å². The number of benzene rings is 3. The number of halogens is 2. The predicted octanol–water partition coefficient (Wildman–Crippen LogP) is 4.54. The van der Waals surface area contributed by atoms with E-state index in [4.69, 9.17) is 11.6 Å². The highest BCUT2D eigenvalue weighted by molar-refractivity contribution is 7.92. The number of rotatable bonds is 10. The molecule has 0 aliphatic heterocycles. The average Bonchev–Trinajstić information content (AvgIpc) is 2.87. The monoisotopic (exact) mass is 545 g/mol. The Bertz CT molecular complexity index is 1350. The second-order valence-electron chi connectivity index (χ2n) is 8.48. The van der Waals surface area contributed by atoms with Crippen LogP contribution in [0.15, 0.2) is 77.7 Å². The lowest BCUT2D eigenvalue weighted by molar-refractivity contribution is -0.139. The van der Waals surface area contributed by atoms with Crippen molar-refractivity contribution in [2.75, 3.05) is 17.4 Å². The van der Waals surface area contributed by atoms with Gasteiger partial charge in [-0.05, 0) is 68.8 Å². The smallest absolute Gasteiger partial charge is 0.264 e. The highest BCUT2D eigenvalue weighted by Crippen LogP contribution is 2.26. The highest BCUT2D eigenvalue weighted by Gasteiger charge is 2.32. The molecule has 7 nitrogen and oxygen atoms in total. The quantitative estimate of drug-likeness (QED) is 0.405. The molecule has 10 heteroatoms. The van der Waals surface area contributed by atoms with Crippen LogP contribution in [0.4, 0.5) is 10.1 Å². The third-order valence-electron chi connectivity index (χ3n) is 5.82. The molecule has 0 aromatic heterocycles. The minimum atomic E-state index is -4.21. The Hall–Kier alpha value is -3.43. The Labute approximate surface area is 221 Å². The van der Waals surface area contributed by atoms with Crippen molar-refractivity contribution in [1.82, 2.24) is 10.2 Å². The van der Waals surface area contributed by atoms with Crippen molar-refractivity contribution in [2.45, 2.75) is 38.3 Å². The lowest BCUT2D eigenvalue weighted by Crippen LogP contribution is -2.51. The summed E-state index contributed by atoms with van der Waals surface area (Å²) in [7, 11) is -4.21. The number of hydrogen-bond acceptors (Lipinski definition) is 4. The van der Waals surface area contributed by atoms with Crippen LogP contribution < -0.4 is 9.62 Å². The summed E-state index contributed by atoms with van der Waals surface area (Å²) in [5.74, 6) is -1.57. The van der Waals surface area contributed by atoms with Crippen molar-refractivity contribution < 1.29 is 22.4 Å². The summed E-state index contributed by atoms with van der Waals surface area (Å²) >= 11 is 6.32. The molecule has 0 bridgehead atoms. The number of anilines is 1. The van der Waals surface area contributed by atoms with Crippen molar-refractivity contribution >= 4 is 39.1 Å². The van der Waals surface area contributed by atoms with E-state index in [1.807, 2.05) is 6.92 Å². The van der Waals surface area contributed by atoms with E-state index < -0.39 is 40.2 Å². The van der Waals surface area contributed by atoms with Gasteiger partial charge in [0, 0.05) is 18.1 Å². The first-order valence-corrected chi connectivity index (χ1v) is 13.5. The molecular formula is C27H29ClFN3O4S. The molecule has 3 aromatic rings. The van der Waals surface area contributed by atoms with Gasteiger partial charge in [0.2, 0.25) is 11.8 Å². The van der Waals surface area contributed by atoms with E-state index >= 15 is 0 Å². The maximum absolute atomic E-state index is 13.7. The molecule has 1 unspecified atom stereocenters. The number of likely N-dealkylation sites (N-methyl/N-ethyl adjacent to an activating group) is 1. The first-order valence-electron chi connectivity index (χ1n) is 11.7. The van der Waals surface area contributed by atoms with Gasteiger partial charge in [0.05, 0.1) is 10.6 Å². The summed E-state index contributed by atoms with van der Waals surface area (Å²) in [4.78, 5) is 27.7. The maximum atomic E-state index is 13.7. The molecule has 1 atom stereocenters. The standard InChI is InChI=1S/C27H29ClFN3O4S/c1-4-30-27(34)20(3)31(17-21-7-5-6-8-25(21)28)26(33)18-32(23-13-11-22(29)12-14-23)37(35,36)24-15-9-19(2)10-16-24/h5-16,20H,4,17-18H2,1-3H3,(H,30,34). The molecule has 0 heterocycles. The van der Waals surface area contributed by atoms with Crippen molar-refractivity contribution in [2.24, 2.45) is 0 Å². The molecule has 3 aromatic carbocycles. The zero-order chi connectivity index (χ0) is 27.2. The van der Waals surface area contributed by atoms with Crippen LogP contribution in [0.5, 0.6) is 0 Å². The van der Waals surface area contributed by atoms with Crippen LogP contribution in [-0.2, 0) is 26.2 Å². The summed E-state index contributed by atoms with van der Waals surface area (Å²) in [6, 6.07) is 17.0. The van der Waals surface area contributed by atoms with Crippen LogP contribution >= 0.6 is 11.6 Å². The fourth-order valence-corrected chi connectivity index (χ4v) is 5.30. The third kappa shape index (κ3) is 6.87. The Kier molecular flexibility index (Phi) is 9.29. The minimum Gasteiger partial charge on any atom is -0.355 e. The summed E-state index contributed by atoms with van der Waals surface area (Å²) in [6.07, 6.45) is 0. The molecule has 0 spiro atoms. The molecule has 2 amide bonds. The van der Waals surface area contributed by atoms with Gasteiger partial charge in [0.25, 0.3) is 10.0 Å². The Morgan fingerprint density at radius 3 is 2.22 bits per heavy atom. The van der Waals surface area contributed by atoms with Crippen LogP contribution in [0.25, 0.3) is 0 Å². The molecule has 0 fully saturated rings. The van der Waals surface area contributed by atoms with Crippen molar-refractivity contribution in [3.63, 3.8) is 0 Å². The number of carbonyl (C=O) groups excluding carboxylic acids is 2. The Balaban J connectivity index is 2.03. The molecule has 0 radical (unpaired) electrons. The SMILES string of the molecule is CCNC(=O)C(C)N(Cc1ccccc1Cl)C(=O)CN(c1ccc(F)cc1)S(=O)(=O)c1ccc(C)cc1. The lowest BCUT2D eigenvalue weighted by atomic mass is 10.1. The summed E-state index contributed by atoms with van der Waals surface area (Å²) < 4.78 is 41.9. The number of nitrogens with one attached hydrogen (secondary N) is 1. The second-order valence-corrected chi connectivity index (χ2v) is 10.8. The number of hydrogen-bond donors (Lipinski definition) is 1. The van der Waals surface area contributed by atoms with Gasteiger partial charge in [0.1, 0.15) is 18.4 Å². The second kappa shape index (κ2) is 12.2. The normalized spacial score (nSPS) is 12.0. The van der Waals surface area contributed by atoms with Gasteiger partial charge in [-0.15, -0.1) is 0 Å². The van der Waals surface area contributed by atoms with E-state index in [1.165, 1.54) is 29.2 Å². The zero-order valence-corrected chi connectivity index (χ0v) is 22.4. The van der Waals surface area contributed by atoms with Crippen LogP contribution in [0, 0.1) is 12.7 Å². The van der Waals surface area contributed by atoms with Crippen molar-refractivity contribution in [1.29, 1.82) is 0 Å². The largest absolute Gasteiger partial charge is 0.355 e. The number of sulfonamides is 1. The number of carbonyl (C=O) groups is 2. The Morgan fingerprint density at radius 1 is 1.00 bits per heavy atom. The topological polar surface area (TPSA) is 86.8 Å². The van der Waals surface area contributed by atoms with Gasteiger partial charge in [-0.3, -0.25) is 13.9 Å². The first-order chi connectivity index (χ1) is 17.5. The molecular weight excluding hydrogens is 517 g/mol. The van der Waals surface area contributed by atoms with Gasteiger partial charge in [-0.1, -0.05) is 47.5 Å². The molecule has 3 rings (SSSR count). The molecule has 1 N–H and O–H groups in total. The summed E-state index contributed by atoms with van der Waals surface area (Å²) in [5, 5.41) is 3.10. The predicted molar refractivity (Wildman–Crippen MR) is 142 cm³/mol. The first kappa shape index (κ1) is 28.1. The fraction of sp³-hybridized carbons (Fsp3) is 0.259. The highest BCUT2D eigenvalue weighted by atomic mass is 35.5. The summed E-state index contributed by atoms with van der Waals surface area (Å²) in [5.41, 5.74) is 1.58. The van der Waals surface area contributed by atoms with Gasteiger partial charge < -0.3 is 10.2 Å². The van der Waals surface area contributed by atoms with Gasteiger partial charge in [-0.25, -0.2) is 12.8 Å². The number of aryl methyl sites for hydroxylation is 1. The van der Waals surface area contributed by atoms with Gasteiger partial charge in [0.15, 0.2) is 0 Å². The van der Waals surface area contributed by atoms with E-state index in [1.54, 1.807) is 50.2 Å². The maximum Gasteiger partial charge on any atom is 0.264 e. The molecule has 0 aliphatic carbocycles. The number of nitrogens with zero attached hydrogens (tertiary/aromatic N) is 2. The molecule has 37 heavy (non-hydrogen) atoms. The zero-order valence-electron chi connectivity index (χ0n) is 20.8. The van der Waals surface area contributed by atoms with Crippen LogP contribution in [0.1, 0.15) is 25.0 Å². The summed E-state index contributed by atoms with van der Waals surface area (Å²) in [6.45, 7) is 4.88. The van der Waals surface area contributed by atoms with E-state index in [0.717, 1.165) is 22.0 Å². The van der Waals surface area contributed by atoms with Crippen LogP contribution in [0.2, 0.25) is 5.02 Å². The average molecular weight is 546 g/mol. The molecule has 0 aliphatic rings. The molecule has 0 saturated carbocycles. The van der Waals surface area contributed by atoms with E-state index in [9.17, 15) is 22.4 Å². The van der Waals surface area contributed by atoms with Gasteiger partial charge in [-0.2, -0.15) is 0 Å². The number of amides is 2. The minimum absolute atomic E-state index is 0.0152. The Morgan fingerprint density at radius 2 is 1.62 bits per heavy atom.